The first-order valence-electron chi connectivity index (χ1n) is 9.39. The van der Waals surface area contributed by atoms with Crippen LogP contribution in [0.15, 0.2) is 18.2 Å². The lowest BCUT2D eigenvalue weighted by atomic mass is 10.1. The number of aliphatic hydroxyl groups is 1. The molecule has 0 amide bonds. The third-order valence-corrected chi connectivity index (χ3v) is 4.02. The van der Waals surface area contributed by atoms with Crippen molar-refractivity contribution >= 4 is 0 Å². The summed E-state index contributed by atoms with van der Waals surface area (Å²) in [5.41, 5.74) is 0.859. The van der Waals surface area contributed by atoms with Gasteiger partial charge in [-0.3, -0.25) is 4.90 Å². The van der Waals surface area contributed by atoms with Gasteiger partial charge in [0, 0.05) is 19.2 Å². The van der Waals surface area contributed by atoms with E-state index in [4.69, 9.17) is 14.2 Å². The molecule has 1 aromatic carbocycles. The van der Waals surface area contributed by atoms with Gasteiger partial charge in [0.15, 0.2) is 0 Å². The van der Waals surface area contributed by atoms with Gasteiger partial charge in [-0.05, 0) is 57.4 Å². The fourth-order valence-corrected chi connectivity index (χ4v) is 2.59. The highest BCUT2D eigenvalue weighted by Crippen LogP contribution is 2.24. The first-order chi connectivity index (χ1) is 12.1. The summed E-state index contributed by atoms with van der Waals surface area (Å²) >= 11 is 0. The minimum absolute atomic E-state index is 0.246. The topological polar surface area (TPSA) is 51.2 Å². The molecule has 0 aliphatic carbocycles. The molecule has 5 nitrogen and oxygen atoms in total. The maximum Gasteiger partial charge on any atom is 0.122 e. The fraction of sp³-hybridized carbons (Fsp3) is 0.714. The summed E-state index contributed by atoms with van der Waals surface area (Å²) in [5.74, 6) is 2.17. The minimum atomic E-state index is -0.520. The Balaban J connectivity index is 2.79. The van der Waals surface area contributed by atoms with E-state index in [0.29, 0.717) is 19.1 Å². The first-order valence-corrected chi connectivity index (χ1v) is 9.39. The predicted molar refractivity (Wildman–Crippen MR) is 106 cm³/mol. The van der Waals surface area contributed by atoms with Crippen molar-refractivity contribution in [1.29, 1.82) is 0 Å². The van der Waals surface area contributed by atoms with Gasteiger partial charge in [-0.15, -0.1) is 0 Å². The summed E-state index contributed by atoms with van der Waals surface area (Å²) in [7, 11) is 3.31. The lowest BCUT2D eigenvalue weighted by Crippen LogP contribution is -2.37. The normalized spacial score (nSPS) is 13.3. The third-order valence-electron chi connectivity index (χ3n) is 4.02. The van der Waals surface area contributed by atoms with Crippen LogP contribution in [0.4, 0.5) is 0 Å². The number of hydrogen-bond acceptors (Lipinski definition) is 5. The van der Waals surface area contributed by atoms with Crippen LogP contribution in [-0.4, -0.2) is 55.6 Å². The maximum absolute atomic E-state index is 10.4. The molecule has 1 atom stereocenters. The second-order valence-corrected chi connectivity index (χ2v) is 8.22. The van der Waals surface area contributed by atoms with Crippen LogP contribution < -0.4 is 9.47 Å². The zero-order chi connectivity index (χ0) is 19.7. The highest BCUT2D eigenvalue weighted by molar-refractivity contribution is 5.38. The molecule has 1 aromatic rings. The van der Waals surface area contributed by atoms with Gasteiger partial charge >= 0.3 is 0 Å². The Morgan fingerprint density at radius 2 is 1.62 bits per heavy atom. The molecular formula is C21H37NO4. The second-order valence-electron chi connectivity index (χ2n) is 8.22. The summed E-state index contributed by atoms with van der Waals surface area (Å²) in [4.78, 5) is 2.27. The van der Waals surface area contributed by atoms with Gasteiger partial charge in [-0.2, -0.15) is 0 Å². The van der Waals surface area contributed by atoms with Crippen molar-refractivity contribution in [2.24, 2.45) is 5.92 Å². The van der Waals surface area contributed by atoms with Crippen molar-refractivity contribution in [2.45, 2.75) is 59.3 Å². The van der Waals surface area contributed by atoms with Crippen molar-refractivity contribution in [3.05, 3.63) is 23.8 Å². The van der Waals surface area contributed by atoms with Crippen LogP contribution in [-0.2, 0) is 11.3 Å². The van der Waals surface area contributed by atoms with Crippen molar-refractivity contribution in [2.75, 3.05) is 33.9 Å². The van der Waals surface area contributed by atoms with Crippen molar-refractivity contribution < 1.29 is 19.3 Å². The largest absolute Gasteiger partial charge is 0.497 e. The Kier molecular flexibility index (Phi) is 9.41. The molecule has 0 aromatic heterocycles. The van der Waals surface area contributed by atoms with Gasteiger partial charge in [0.05, 0.1) is 32.5 Å². The molecule has 1 rings (SSSR count). The van der Waals surface area contributed by atoms with Crippen molar-refractivity contribution in [3.8, 4) is 11.5 Å². The van der Waals surface area contributed by atoms with Crippen LogP contribution >= 0.6 is 0 Å². The average molecular weight is 368 g/mol. The Hall–Kier alpha value is -1.30. The van der Waals surface area contributed by atoms with E-state index in [0.717, 1.165) is 36.6 Å². The van der Waals surface area contributed by atoms with Gasteiger partial charge < -0.3 is 19.3 Å². The molecule has 0 heterocycles. The molecule has 26 heavy (non-hydrogen) atoms. The highest BCUT2D eigenvalue weighted by atomic mass is 16.5. The van der Waals surface area contributed by atoms with E-state index in [1.54, 1.807) is 14.2 Å². The lowest BCUT2D eigenvalue weighted by molar-refractivity contribution is -0.0568. The Bertz CT molecular complexity index is 503. The van der Waals surface area contributed by atoms with Gasteiger partial charge in [0.25, 0.3) is 0 Å². The molecule has 150 valence electrons. The third kappa shape index (κ3) is 9.41. The molecule has 0 aliphatic heterocycles. The van der Waals surface area contributed by atoms with E-state index >= 15 is 0 Å². The molecule has 0 spiro atoms. The first kappa shape index (κ1) is 22.7. The van der Waals surface area contributed by atoms with Crippen molar-refractivity contribution in [3.63, 3.8) is 0 Å². The van der Waals surface area contributed by atoms with E-state index in [1.165, 1.54) is 0 Å². The number of benzene rings is 1. The van der Waals surface area contributed by atoms with Crippen LogP contribution in [0.5, 0.6) is 11.5 Å². The molecule has 0 radical (unpaired) electrons. The van der Waals surface area contributed by atoms with E-state index < -0.39 is 6.10 Å². The maximum atomic E-state index is 10.4. The molecule has 5 heteroatoms. The average Bonchev–Trinajstić information content (AvgIpc) is 2.56. The fourth-order valence-electron chi connectivity index (χ4n) is 2.59. The molecule has 0 bridgehead atoms. The van der Waals surface area contributed by atoms with Gasteiger partial charge in [-0.25, -0.2) is 0 Å². The molecular weight excluding hydrogens is 330 g/mol. The summed E-state index contributed by atoms with van der Waals surface area (Å²) in [6.45, 7) is 13.0. The van der Waals surface area contributed by atoms with E-state index in [-0.39, 0.29) is 5.60 Å². The summed E-state index contributed by atoms with van der Waals surface area (Å²) in [5, 5.41) is 10.4. The standard InChI is InChI=1S/C21H37NO4/c1-16(2)8-9-22(14-18(23)15-26-21(3,4)5)13-17-10-19(24-6)12-20(11-17)25-7/h10-12,16,18,23H,8-9,13-15H2,1-7H3/t18-/m0/s1. The molecule has 0 fully saturated rings. The number of rotatable bonds is 11. The molecule has 1 N–H and O–H groups in total. The van der Waals surface area contributed by atoms with E-state index in [9.17, 15) is 5.11 Å². The molecule has 0 saturated carbocycles. The van der Waals surface area contributed by atoms with Gasteiger partial charge in [-0.1, -0.05) is 13.8 Å². The highest BCUT2D eigenvalue weighted by Gasteiger charge is 2.17. The minimum Gasteiger partial charge on any atom is -0.497 e. The number of aliphatic hydroxyl groups excluding tert-OH is 1. The van der Waals surface area contributed by atoms with Crippen molar-refractivity contribution in [1.82, 2.24) is 4.90 Å². The summed E-state index contributed by atoms with van der Waals surface area (Å²) in [6.07, 6.45) is 0.558. The monoisotopic (exact) mass is 367 g/mol. The number of nitrogens with zero attached hydrogens (tertiary/aromatic N) is 1. The second kappa shape index (κ2) is 10.8. The Morgan fingerprint density at radius 1 is 1.04 bits per heavy atom. The van der Waals surface area contributed by atoms with Gasteiger partial charge in [0.2, 0.25) is 0 Å². The quantitative estimate of drug-likeness (QED) is 0.646. The van der Waals surface area contributed by atoms with E-state index in [1.807, 2.05) is 39.0 Å². The Morgan fingerprint density at radius 3 is 2.08 bits per heavy atom. The molecule has 0 unspecified atom stereocenters. The Labute approximate surface area is 159 Å². The van der Waals surface area contributed by atoms with Gasteiger partial charge in [0.1, 0.15) is 11.5 Å². The summed E-state index contributed by atoms with van der Waals surface area (Å²) < 4.78 is 16.5. The van der Waals surface area contributed by atoms with Crippen LogP contribution in [0.3, 0.4) is 0 Å². The predicted octanol–water partition coefficient (Wildman–Crippen LogP) is 3.73. The van der Waals surface area contributed by atoms with E-state index in [2.05, 4.69) is 18.7 Å². The van der Waals surface area contributed by atoms with Crippen LogP contribution in [0.2, 0.25) is 0 Å². The van der Waals surface area contributed by atoms with Crippen LogP contribution in [0.1, 0.15) is 46.6 Å². The number of methoxy groups -OCH3 is 2. The molecule has 0 aliphatic rings. The zero-order valence-corrected chi connectivity index (χ0v) is 17.5. The van der Waals surface area contributed by atoms with Crippen LogP contribution in [0.25, 0.3) is 0 Å². The number of ether oxygens (including phenoxy) is 3. The lowest BCUT2D eigenvalue weighted by Gasteiger charge is -2.28. The SMILES string of the molecule is COc1cc(CN(CCC(C)C)C[C@H](O)COC(C)(C)C)cc(OC)c1. The summed E-state index contributed by atoms with van der Waals surface area (Å²) in [6, 6.07) is 5.90. The molecule has 0 saturated heterocycles. The zero-order valence-electron chi connectivity index (χ0n) is 17.5. The number of hydrogen-bond donors (Lipinski definition) is 1. The van der Waals surface area contributed by atoms with Crippen LogP contribution in [0, 0.1) is 5.92 Å². The smallest absolute Gasteiger partial charge is 0.122 e.